The zero-order valence-corrected chi connectivity index (χ0v) is 11.4. The summed E-state index contributed by atoms with van der Waals surface area (Å²) in [6, 6.07) is 0.342. The Balaban J connectivity index is 2.18. The molecule has 0 saturated carbocycles. The molecule has 2 rings (SSSR count). The highest BCUT2D eigenvalue weighted by Gasteiger charge is 2.30. The van der Waals surface area contributed by atoms with Crippen LogP contribution in [0, 0.1) is 12.8 Å². The van der Waals surface area contributed by atoms with Gasteiger partial charge in [-0.05, 0) is 32.1 Å². The van der Waals surface area contributed by atoms with E-state index in [0.717, 1.165) is 25.1 Å². The summed E-state index contributed by atoms with van der Waals surface area (Å²) >= 11 is 0. The van der Waals surface area contributed by atoms with Crippen LogP contribution in [0.25, 0.3) is 0 Å². The van der Waals surface area contributed by atoms with Crippen LogP contribution >= 0.6 is 0 Å². The maximum absolute atomic E-state index is 12.4. The second kappa shape index (κ2) is 5.46. The van der Waals surface area contributed by atoms with Crippen molar-refractivity contribution in [1.82, 2.24) is 14.9 Å². The number of carbonyl (C=O) groups is 1. The number of hydrogen-bond acceptors (Lipinski definition) is 3. The van der Waals surface area contributed by atoms with Crippen LogP contribution in [0.2, 0.25) is 0 Å². The molecule has 1 unspecified atom stereocenters. The van der Waals surface area contributed by atoms with Gasteiger partial charge in [0, 0.05) is 18.8 Å². The van der Waals surface area contributed by atoms with Gasteiger partial charge in [-0.25, -0.2) is 4.98 Å². The quantitative estimate of drug-likeness (QED) is 0.806. The topological polar surface area (TPSA) is 46.1 Å². The van der Waals surface area contributed by atoms with Crippen molar-refractivity contribution in [3.63, 3.8) is 0 Å². The maximum atomic E-state index is 12.4. The number of nitrogens with zero attached hydrogens (tertiary/aromatic N) is 3. The molecule has 1 atom stereocenters. The van der Waals surface area contributed by atoms with Crippen molar-refractivity contribution in [2.24, 2.45) is 5.92 Å². The molecule has 0 spiro atoms. The third-order valence-corrected chi connectivity index (χ3v) is 3.58. The first-order valence-corrected chi connectivity index (χ1v) is 6.69. The van der Waals surface area contributed by atoms with Crippen molar-refractivity contribution >= 4 is 5.91 Å². The van der Waals surface area contributed by atoms with E-state index < -0.39 is 0 Å². The summed E-state index contributed by atoms with van der Waals surface area (Å²) in [7, 11) is 0. The summed E-state index contributed by atoms with van der Waals surface area (Å²) in [6.45, 7) is 7.07. The van der Waals surface area contributed by atoms with Gasteiger partial charge in [0.05, 0.1) is 11.9 Å². The number of carbonyl (C=O) groups excluding carboxylic acids is 1. The molecule has 98 valence electrons. The first-order chi connectivity index (χ1) is 8.59. The largest absolute Gasteiger partial charge is 0.334 e. The molecule has 1 aliphatic heterocycles. The highest BCUT2D eigenvalue weighted by atomic mass is 16.2. The Labute approximate surface area is 108 Å². The summed E-state index contributed by atoms with van der Waals surface area (Å²) in [5.41, 5.74) is 1.30. The molecule has 18 heavy (non-hydrogen) atoms. The monoisotopic (exact) mass is 247 g/mol. The molecule has 1 amide bonds. The first-order valence-electron chi connectivity index (χ1n) is 6.69. The van der Waals surface area contributed by atoms with Gasteiger partial charge >= 0.3 is 0 Å². The molecule has 1 aromatic heterocycles. The van der Waals surface area contributed by atoms with Crippen LogP contribution in [0.15, 0.2) is 12.4 Å². The van der Waals surface area contributed by atoms with E-state index >= 15 is 0 Å². The molecule has 0 aromatic carbocycles. The van der Waals surface area contributed by atoms with Crippen molar-refractivity contribution in [3.8, 4) is 0 Å². The average molecular weight is 247 g/mol. The SMILES string of the molecule is Cc1cnc(C(=O)N2CCCCC2C(C)C)cn1. The molecule has 4 heteroatoms. The molecular weight excluding hydrogens is 226 g/mol. The summed E-state index contributed by atoms with van der Waals surface area (Å²) in [4.78, 5) is 22.8. The van der Waals surface area contributed by atoms with E-state index in [0.29, 0.717) is 17.7 Å². The Morgan fingerprint density at radius 1 is 1.33 bits per heavy atom. The van der Waals surface area contributed by atoms with E-state index in [4.69, 9.17) is 0 Å². The van der Waals surface area contributed by atoms with Crippen LogP contribution in [-0.2, 0) is 0 Å². The number of hydrogen-bond donors (Lipinski definition) is 0. The fraction of sp³-hybridized carbons (Fsp3) is 0.643. The molecule has 4 nitrogen and oxygen atoms in total. The summed E-state index contributed by atoms with van der Waals surface area (Å²) < 4.78 is 0. The highest BCUT2D eigenvalue weighted by Crippen LogP contribution is 2.24. The van der Waals surface area contributed by atoms with Gasteiger partial charge < -0.3 is 4.90 Å². The standard InChI is InChI=1S/C14H21N3O/c1-10(2)13-6-4-5-7-17(13)14(18)12-9-15-11(3)8-16-12/h8-10,13H,4-7H2,1-3H3. The fourth-order valence-corrected chi connectivity index (χ4v) is 2.55. The Morgan fingerprint density at radius 3 is 2.72 bits per heavy atom. The Hall–Kier alpha value is -1.45. The molecule has 2 heterocycles. The highest BCUT2D eigenvalue weighted by molar-refractivity contribution is 5.92. The molecule has 1 fully saturated rings. The molecular formula is C14H21N3O. The second-order valence-corrected chi connectivity index (χ2v) is 5.35. The van der Waals surface area contributed by atoms with Crippen molar-refractivity contribution in [2.75, 3.05) is 6.54 Å². The van der Waals surface area contributed by atoms with Crippen LogP contribution in [-0.4, -0.2) is 33.4 Å². The van der Waals surface area contributed by atoms with Gasteiger partial charge in [-0.3, -0.25) is 9.78 Å². The van der Waals surface area contributed by atoms with Crippen LogP contribution in [0.3, 0.4) is 0 Å². The number of amides is 1. The normalized spacial score (nSPS) is 20.2. The van der Waals surface area contributed by atoms with Gasteiger partial charge in [0.15, 0.2) is 0 Å². The van der Waals surface area contributed by atoms with Crippen LogP contribution in [0.4, 0.5) is 0 Å². The minimum atomic E-state index is 0.0286. The van der Waals surface area contributed by atoms with Gasteiger partial charge in [-0.2, -0.15) is 0 Å². The zero-order chi connectivity index (χ0) is 13.1. The van der Waals surface area contributed by atoms with Gasteiger partial charge in [0.1, 0.15) is 5.69 Å². The maximum Gasteiger partial charge on any atom is 0.274 e. The lowest BCUT2D eigenvalue weighted by Gasteiger charge is -2.38. The number of rotatable bonds is 2. The fourth-order valence-electron chi connectivity index (χ4n) is 2.55. The Morgan fingerprint density at radius 2 is 2.11 bits per heavy atom. The van der Waals surface area contributed by atoms with Gasteiger partial charge in [-0.1, -0.05) is 13.8 Å². The molecule has 0 N–H and O–H groups in total. The molecule has 0 bridgehead atoms. The van der Waals surface area contributed by atoms with Gasteiger partial charge in [0.2, 0.25) is 0 Å². The van der Waals surface area contributed by atoms with E-state index in [-0.39, 0.29) is 5.91 Å². The number of aromatic nitrogens is 2. The molecule has 1 aliphatic rings. The molecule has 0 aliphatic carbocycles. The van der Waals surface area contributed by atoms with E-state index in [1.165, 1.54) is 6.42 Å². The smallest absolute Gasteiger partial charge is 0.274 e. The minimum absolute atomic E-state index is 0.0286. The predicted octanol–water partition coefficient (Wildman–Crippen LogP) is 2.44. The summed E-state index contributed by atoms with van der Waals surface area (Å²) in [5.74, 6) is 0.522. The number of aryl methyl sites for hydroxylation is 1. The molecule has 0 radical (unpaired) electrons. The summed E-state index contributed by atoms with van der Waals surface area (Å²) in [6.07, 6.45) is 6.65. The van der Waals surface area contributed by atoms with Crippen LogP contribution < -0.4 is 0 Å². The zero-order valence-electron chi connectivity index (χ0n) is 11.4. The average Bonchev–Trinajstić information content (AvgIpc) is 2.39. The van der Waals surface area contributed by atoms with Crippen molar-refractivity contribution in [2.45, 2.75) is 46.1 Å². The lowest BCUT2D eigenvalue weighted by Crippen LogP contribution is -2.46. The molecule has 1 aromatic rings. The third kappa shape index (κ3) is 2.68. The number of likely N-dealkylation sites (tertiary alicyclic amines) is 1. The Kier molecular flexibility index (Phi) is 3.94. The van der Waals surface area contributed by atoms with Crippen molar-refractivity contribution < 1.29 is 4.79 Å². The lowest BCUT2D eigenvalue weighted by molar-refractivity contribution is 0.0536. The van der Waals surface area contributed by atoms with Crippen molar-refractivity contribution in [1.29, 1.82) is 0 Å². The predicted molar refractivity (Wildman–Crippen MR) is 70.3 cm³/mol. The van der Waals surface area contributed by atoms with Gasteiger partial charge in [-0.15, -0.1) is 0 Å². The van der Waals surface area contributed by atoms with Crippen LogP contribution in [0.1, 0.15) is 49.3 Å². The van der Waals surface area contributed by atoms with E-state index in [1.807, 2.05) is 11.8 Å². The van der Waals surface area contributed by atoms with Gasteiger partial charge in [0.25, 0.3) is 5.91 Å². The third-order valence-electron chi connectivity index (χ3n) is 3.58. The van der Waals surface area contributed by atoms with E-state index in [9.17, 15) is 4.79 Å². The first kappa shape index (κ1) is 13.0. The summed E-state index contributed by atoms with van der Waals surface area (Å²) in [5, 5.41) is 0. The second-order valence-electron chi connectivity index (χ2n) is 5.35. The molecule has 1 saturated heterocycles. The van der Waals surface area contributed by atoms with Crippen molar-refractivity contribution in [3.05, 3.63) is 23.8 Å². The van der Waals surface area contributed by atoms with E-state index in [2.05, 4.69) is 23.8 Å². The number of piperidine rings is 1. The van der Waals surface area contributed by atoms with E-state index in [1.54, 1.807) is 12.4 Å². The lowest BCUT2D eigenvalue weighted by atomic mass is 9.92. The van der Waals surface area contributed by atoms with Crippen LogP contribution in [0.5, 0.6) is 0 Å². The Bertz CT molecular complexity index is 414. The minimum Gasteiger partial charge on any atom is -0.334 e.